The Labute approximate surface area is 184 Å². The van der Waals surface area contributed by atoms with E-state index < -0.39 is 29.9 Å². The van der Waals surface area contributed by atoms with Crippen molar-refractivity contribution in [3.05, 3.63) is 24.8 Å². The molecule has 0 spiro atoms. The van der Waals surface area contributed by atoms with E-state index in [9.17, 15) is 24.6 Å². The van der Waals surface area contributed by atoms with E-state index in [1.165, 1.54) is 7.11 Å². The number of hydrogen-bond donors (Lipinski definition) is 0. The SMILES string of the molecule is C=C(CC(=O)[O-])C(=O)[O-].C=CC(=O)OC.[K+].[K+]. The van der Waals surface area contributed by atoms with Crippen LogP contribution >= 0.6 is 0 Å². The van der Waals surface area contributed by atoms with Crippen LogP contribution in [0.5, 0.6) is 0 Å². The van der Waals surface area contributed by atoms with Gasteiger partial charge in [0.25, 0.3) is 0 Å². The van der Waals surface area contributed by atoms with E-state index in [2.05, 4.69) is 17.9 Å². The summed E-state index contributed by atoms with van der Waals surface area (Å²) >= 11 is 0. The van der Waals surface area contributed by atoms with Gasteiger partial charge in [-0.3, -0.25) is 0 Å². The van der Waals surface area contributed by atoms with Crippen molar-refractivity contribution in [2.45, 2.75) is 6.42 Å². The van der Waals surface area contributed by atoms with Gasteiger partial charge in [0.15, 0.2) is 0 Å². The predicted octanol–water partition coefficient (Wildman–Crippen LogP) is -8.21. The molecule has 0 rings (SSSR count). The number of carbonyl (C=O) groups is 3. The molecule has 0 saturated carbocycles. The molecule has 17 heavy (non-hydrogen) atoms. The van der Waals surface area contributed by atoms with Crippen molar-refractivity contribution in [1.29, 1.82) is 0 Å². The van der Waals surface area contributed by atoms with Crippen molar-refractivity contribution < 1.29 is 132 Å². The summed E-state index contributed by atoms with van der Waals surface area (Å²) in [6.07, 6.45) is 0.433. The summed E-state index contributed by atoms with van der Waals surface area (Å²) in [7, 11) is 1.31. The van der Waals surface area contributed by atoms with Crippen LogP contribution in [0, 0.1) is 0 Å². The third-order valence-corrected chi connectivity index (χ3v) is 1.01. The fourth-order valence-corrected chi connectivity index (χ4v) is 0.330. The number of methoxy groups -OCH3 is 1. The predicted molar refractivity (Wildman–Crippen MR) is 46.0 cm³/mol. The summed E-state index contributed by atoms with van der Waals surface area (Å²) < 4.78 is 4.14. The first-order valence-electron chi connectivity index (χ1n) is 3.64. The summed E-state index contributed by atoms with van der Waals surface area (Å²) in [6, 6.07) is 0. The number of esters is 1. The van der Waals surface area contributed by atoms with Crippen LogP contribution in [-0.4, -0.2) is 25.0 Å². The zero-order chi connectivity index (χ0) is 12.4. The summed E-state index contributed by atoms with van der Waals surface area (Å²) in [4.78, 5) is 29.2. The second-order valence-electron chi connectivity index (χ2n) is 2.17. The van der Waals surface area contributed by atoms with E-state index in [1.54, 1.807) is 0 Å². The number of carboxylic acids is 2. The number of hydrogen-bond acceptors (Lipinski definition) is 6. The van der Waals surface area contributed by atoms with Gasteiger partial charge >= 0.3 is 109 Å². The van der Waals surface area contributed by atoms with Gasteiger partial charge in [-0.2, -0.15) is 0 Å². The van der Waals surface area contributed by atoms with Crippen LogP contribution in [0.3, 0.4) is 0 Å². The van der Waals surface area contributed by atoms with Crippen molar-refractivity contribution in [3.8, 4) is 0 Å². The molecule has 0 aromatic heterocycles. The molecule has 0 aliphatic heterocycles. The minimum absolute atomic E-state index is 0. The molecule has 0 unspecified atom stereocenters. The van der Waals surface area contributed by atoms with Crippen molar-refractivity contribution >= 4 is 17.9 Å². The maximum Gasteiger partial charge on any atom is 1.00 e. The van der Waals surface area contributed by atoms with E-state index in [0.29, 0.717) is 0 Å². The van der Waals surface area contributed by atoms with Crippen molar-refractivity contribution in [2.24, 2.45) is 0 Å². The van der Waals surface area contributed by atoms with Gasteiger partial charge in [0.05, 0.1) is 13.1 Å². The van der Waals surface area contributed by atoms with Crippen LogP contribution in [0.1, 0.15) is 6.42 Å². The summed E-state index contributed by atoms with van der Waals surface area (Å²) in [5.41, 5.74) is -0.477. The average Bonchev–Trinajstić information content (AvgIpc) is 2.16. The van der Waals surface area contributed by atoms with Crippen molar-refractivity contribution in [1.82, 2.24) is 0 Å². The van der Waals surface area contributed by atoms with E-state index in [-0.39, 0.29) is 103 Å². The van der Waals surface area contributed by atoms with E-state index >= 15 is 0 Å². The molecule has 0 aromatic rings. The standard InChI is InChI=1S/C5H6O4.C4H6O2.2K/c1-3(5(8)9)2-4(6)7;1-3-4(5)6-2;;/h1-2H2,(H,6,7)(H,8,9);3H,1H2,2H3;;/q;;2*+1/p-2. The smallest absolute Gasteiger partial charge is 0.550 e. The van der Waals surface area contributed by atoms with Gasteiger partial charge < -0.3 is 24.5 Å². The molecule has 0 saturated heterocycles. The van der Waals surface area contributed by atoms with Gasteiger partial charge in [-0.05, 0) is 5.57 Å². The molecule has 8 heteroatoms. The molecule has 0 fully saturated rings. The quantitative estimate of drug-likeness (QED) is 0.289. The monoisotopic (exact) mass is 292 g/mol. The summed E-state index contributed by atoms with van der Waals surface area (Å²) in [5, 5.41) is 19.4. The Bertz CT molecular complexity index is 287. The van der Waals surface area contributed by atoms with E-state index in [4.69, 9.17) is 0 Å². The molecule has 6 nitrogen and oxygen atoms in total. The first-order chi connectivity index (χ1) is 6.84. The Balaban J connectivity index is -0.0000000945. The zero-order valence-corrected chi connectivity index (χ0v) is 16.4. The van der Waals surface area contributed by atoms with Crippen LogP contribution in [-0.2, 0) is 19.1 Å². The molecule has 0 bridgehead atoms. The minimum Gasteiger partial charge on any atom is -0.550 e. The fourth-order valence-electron chi connectivity index (χ4n) is 0.330. The van der Waals surface area contributed by atoms with Gasteiger partial charge in [-0.1, -0.05) is 13.2 Å². The molecule has 0 atom stereocenters. The topological polar surface area (TPSA) is 107 Å². The molecule has 0 aliphatic carbocycles. The second-order valence-corrected chi connectivity index (χ2v) is 2.17. The van der Waals surface area contributed by atoms with Gasteiger partial charge in [0.2, 0.25) is 0 Å². The first-order valence-corrected chi connectivity index (χ1v) is 3.64. The first kappa shape index (κ1) is 26.7. The average molecular weight is 292 g/mol. The van der Waals surface area contributed by atoms with Gasteiger partial charge in [-0.25, -0.2) is 4.79 Å². The Morgan fingerprint density at radius 1 is 1.24 bits per heavy atom. The van der Waals surface area contributed by atoms with E-state index in [1.807, 2.05) is 0 Å². The number of ether oxygens (including phenoxy) is 1. The summed E-state index contributed by atoms with van der Waals surface area (Å²) in [6.45, 7) is 6.07. The molecule has 0 radical (unpaired) electrons. The molecule has 0 aromatic carbocycles. The number of aliphatic carboxylic acids is 2. The van der Waals surface area contributed by atoms with Crippen molar-refractivity contribution in [2.75, 3.05) is 7.11 Å². The van der Waals surface area contributed by atoms with Crippen LogP contribution in [0.25, 0.3) is 0 Å². The number of rotatable bonds is 4. The Morgan fingerprint density at radius 2 is 1.65 bits per heavy atom. The minimum atomic E-state index is -1.56. The molecule has 0 aliphatic rings. The zero-order valence-electron chi connectivity index (χ0n) is 10.1. The molecule has 0 amide bonds. The number of carboxylic acid groups (broad SMARTS) is 2. The molecule has 0 heterocycles. The maximum absolute atomic E-state index is 9.84. The molecule has 84 valence electrons. The number of carbonyl (C=O) groups excluding carboxylic acids is 3. The van der Waals surface area contributed by atoms with E-state index in [0.717, 1.165) is 6.08 Å². The fraction of sp³-hybridized carbons (Fsp3) is 0.222. The molecular weight excluding hydrogens is 282 g/mol. The van der Waals surface area contributed by atoms with Gasteiger partial charge in [0, 0.05) is 18.5 Å². The Morgan fingerprint density at radius 3 is 1.71 bits per heavy atom. The van der Waals surface area contributed by atoms with Crippen LogP contribution in [0.15, 0.2) is 24.8 Å². The maximum atomic E-state index is 9.84. The normalized spacial score (nSPS) is 6.88. The van der Waals surface area contributed by atoms with Crippen LogP contribution < -0.4 is 113 Å². The summed E-state index contributed by atoms with van der Waals surface area (Å²) in [5.74, 6) is -3.42. The Kier molecular flexibility index (Phi) is 26.9. The van der Waals surface area contributed by atoms with Gasteiger partial charge in [-0.15, -0.1) is 0 Å². The second kappa shape index (κ2) is 17.2. The Hall–Kier alpha value is 1.16. The molecular formula is C9H10K2O6. The van der Waals surface area contributed by atoms with Gasteiger partial charge in [0.1, 0.15) is 0 Å². The van der Waals surface area contributed by atoms with Crippen LogP contribution in [0.2, 0.25) is 0 Å². The van der Waals surface area contributed by atoms with Crippen molar-refractivity contribution in [3.63, 3.8) is 0 Å². The van der Waals surface area contributed by atoms with Crippen LogP contribution in [0.4, 0.5) is 0 Å². The largest absolute Gasteiger partial charge is 1.00 e. The third-order valence-electron chi connectivity index (χ3n) is 1.01. The third kappa shape index (κ3) is 22.8. The molecule has 0 N–H and O–H groups in total.